The second kappa shape index (κ2) is 6.78. The summed E-state index contributed by atoms with van der Waals surface area (Å²) in [4.78, 5) is 15.4. The van der Waals surface area contributed by atoms with Crippen LogP contribution in [0.1, 0.15) is 37.5 Å². The molecular formula is C14H22N2OS. The van der Waals surface area contributed by atoms with Crippen molar-refractivity contribution < 1.29 is 4.79 Å². The first-order valence-electron chi connectivity index (χ1n) is 6.83. The predicted octanol–water partition coefficient (Wildman–Crippen LogP) is 3.26. The first kappa shape index (κ1) is 13.4. The van der Waals surface area contributed by atoms with Crippen LogP contribution in [0.15, 0.2) is 17.5 Å². The molecule has 0 spiro atoms. The van der Waals surface area contributed by atoms with Crippen LogP contribution >= 0.6 is 11.3 Å². The summed E-state index contributed by atoms with van der Waals surface area (Å²) in [6, 6.07) is 4.50. The molecule has 1 fully saturated rings. The number of nitrogens with one attached hydrogen (secondary N) is 1. The molecule has 2 amide bonds. The molecule has 1 aliphatic rings. The fourth-order valence-electron chi connectivity index (χ4n) is 2.36. The van der Waals surface area contributed by atoms with Crippen molar-refractivity contribution in [1.82, 2.24) is 10.2 Å². The number of urea groups is 1. The van der Waals surface area contributed by atoms with Gasteiger partial charge in [0.15, 0.2) is 0 Å². The third kappa shape index (κ3) is 4.02. The standard InChI is InChI=1S/C14H22N2OS/c1-12(11-13-7-6-10-18-13)15-14(17)16-8-4-2-3-5-9-16/h6-7,10,12H,2-5,8-9,11H2,1H3,(H,15,17). The van der Waals surface area contributed by atoms with Crippen LogP contribution in [-0.4, -0.2) is 30.1 Å². The minimum Gasteiger partial charge on any atom is -0.335 e. The minimum absolute atomic E-state index is 0.112. The molecule has 0 radical (unpaired) electrons. The van der Waals surface area contributed by atoms with Gasteiger partial charge in [-0.3, -0.25) is 0 Å². The number of hydrogen-bond acceptors (Lipinski definition) is 2. The zero-order valence-corrected chi connectivity index (χ0v) is 11.8. The second-order valence-corrected chi connectivity index (χ2v) is 6.07. The first-order chi connectivity index (χ1) is 8.75. The fraction of sp³-hybridized carbons (Fsp3) is 0.643. The molecule has 4 heteroatoms. The van der Waals surface area contributed by atoms with Gasteiger partial charge in [0.1, 0.15) is 0 Å². The molecule has 100 valence electrons. The molecule has 1 atom stereocenters. The van der Waals surface area contributed by atoms with Crippen molar-refractivity contribution >= 4 is 17.4 Å². The zero-order chi connectivity index (χ0) is 12.8. The van der Waals surface area contributed by atoms with Gasteiger partial charge in [0.25, 0.3) is 0 Å². The lowest BCUT2D eigenvalue weighted by Crippen LogP contribution is -2.44. The Labute approximate surface area is 113 Å². The lowest BCUT2D eigenvalue weighted by Gasteiger charge is -2.23. The lowest BCUT2D eigenvalue weighted by atomic mass is 10.2. The largest absolute Gasteiger partial charge is 0.335 e. The quantitative estimate of drug-likeness (QED) is 0.894. The van der Waals surface area contributed by atoms with E-state index in [2.05, 4.69) is 29.8 Å². The number of amides is 2. The molecule has 1 unspecified atom stereocenters. The normalized spacial score (nSPS) is 18.2. The topological polar surface area (TPSA) is 32.3 Å². The van der Waals surface area contributed by atoms with Gasteiger partial charge in [-0.25, -0.2) is 4.79 Å². The van der Waals surface area contributed by atoms with Crippen molar-refractivity contribution in [2.75, 3.05) is 13.1 Å². The van der Waals surface area contributed by atoms with Crippen LogP contribution < -0.4 is 5.32 Å². The maximum Gasteiger partial charge on any atom is 0.317 e. The van der Waals surface area contributed by atoms with Crippen molar-refractivity contribution in [2.24, 2.45) is 0 Å². The predicted molar refractivity (Wildman–Crippen MR) is 76.1 cm³/mol. The van der Waals surface area contributed by atoms with Gasteiger partial charge in [0.2, 0.25) is 0 Å². The van der Waals surface area contributed by atoms with Gasteiger partial charge in [-0.15, -0.1) is 11.3 Å². The van der Waals surface area contributed by atoms with Crippen LogP contribution in [0.2, 0.25) is 0 Å². The number of nitrogens with zero attached hydrogens (tertiary/aromatic N) is 1. The minimum atomic E-state index is 0.112. The van der Waals surface area contributed by atoms with E-state index >= 15 is 0 Å². The first-order valence-corrected chi connectivity index (χ1v) is 7.71. The van der Waals surface area contributed by atoms with E-state index in [1.54, 1.807) is 11.3 Å². The van der Waals surface area contributed by atoms with Gasteiger partial charge < -0.3 is 10.2 Å². The summed E-state index contributed by atoms with van der Waals surface area (Å²) < 4.78 is 0. The third-order valence-electron chi connectivity index (χ3n) is 3.35. The van der Waals surface area contributed by atoms with E-state index in [1.807, 2.05) is 4.90 Å². The third-order valence-corrected chi connectivity index (χ3v) is 4.25. The molecule has 0 bridgehead atoms. The molecule has 0 saturated carbocycles. The summed E-state index contributed by atoms with van der Waals surface area (Å²) in [5.74, 6) is 0. The number of carbonyl (C=O) groups is 1. The van der Waals surface area contributed by atoms with Crippen LogP contribution in [-0.2, 0) is 6.42 Å². The van der Waals surface area contributed by atoms with E-state index < -0.39 is 0 Å². The van der Waals surface area contributed by atoms with Crippen molar-refractivity contribution in [3.05, 3.63) is 22.4 Å². The Morgan fingerprint density at radius 3 is 2.72 bits per heavy atom. The highest BCUT2D eigenvalue weighted by Crippen LogP contribution is 2.12. The highest BCUT2D eigenvalue weighted by atomic mass is 32.1. The zero-order valence-electron chi connectivity index (χ0n) is 11.0. The number of carbonyl (C=O) groups excluding carboxylic acids is 1. The Balaban J connectivity index is 1.78. The Kier molecular flexibility index (Phi) is 5.05. The molecule has 0 aliphatic carbocycles. The summed E-state index contributed by atoms with van der Waals surface area (Å²) >= 11 is 1.75. The summed E-state index contributed by atoms with van der Waals surface area (Å²) in [6.07, 6.45) is 5.74. The Hall–Kier alpha value is -1.03. The van der Waals surface area contributed by atoms with Gasteiger partial charge in [0.05, 0.1) is 0 Å². The van der Waals surface area contributed by atoms with E-state index in [9.17, 15) is 4.79 Å². The molecule has 2 heterocycles. The summed E-state index contributed by atoms with van der Waals surface area (Å²) in [6.45, 7) is 3.91. The molecule has 0 aromatic carbocycles. The Bertz CT molecular complexity index is 356. The number of likely N-dealkylation sites (tertiary alicyclic amines) is 1. The fourth-order valence-corrected chi connectivity index (χ4v) is 3.19. The van der Waals surface area contributed by atoms with Gasteiger partial charge >= 0.3 is 6.03 Å². The van der Waals surface area contributed by atoms with Crippen LogP contribution in [0.5, 0.6) is 0 Å². The van der Waals surface area contributed by atoms with Crippen molar-refractivity contribution in [3.63, 3.8) is 0 Å². The average Bonchev–Trinajstić information content (AvgIpc) is 2.68. The van der Waals surface area contributed by atoms with Crippen LogP contribution in [0.4, 0.5) is 4.79 Å². The van der Waals surface area contributed by atoms with E-state index in [1.165, 1.54) is 17.7 Å². The van der Waals surface area contributed by atoms with Gasteiger partial charge in [0, 0.05) is 30.4 Å². The molecule has 1 aromatic heterocycles. The molecule has 1 N–H and O–H groups in total. The van der Waals surface area contributed by atoms with Gasteiger partial charge in [-0.1, -0.05) is 18.9 Å². The SMILES string of the molecule is CC(Cc1cccs1)NC(=O)N1CCCCCC1. The summed E-state index contributed by atoms with van der Waals surface area (Å²) in [7, 11) is 0. The smallest absolute Gasteiger partial charge is 0.317 e. The molecule has 3 nitrogen and oxygen atoms in total. The van der Waals surface area contributed by atoms with Crippen molar-refractivity contribution in [3.8, 4) is 0 Å². The molecule has 18 heavy (non-hydrogen) atoms. The lowest BCUT2D eigenvalue weighted by molar-refractivity contribution is 0.196. The molecule has 1 saturated heterocycles. The van der Waals surface area contributed by atoms with E-state index in [0.717, 1.165) is 32.4 Å². The number of thiophene rings is 1. The monoisotopic (exact) mass is 266 g/mol. The highest BCUT2D eigenvalue weighted by Gasteiger charge is 2.17. The van der Waals surface area contributed by atoms with E-state index in [-0.39, 0.29) is 12.1 Å². The summed E-state index contributed by atoms with van der Waals surface area (Å²) in [5.41, 5.74) is 0. The second-order valence-electron chi connectivity index (χ2n) is 5.04. The van der Waals surface area contributed by atoms with Crippen molar-refractivity contribution in [1.29, 1.82) is 0 Å². The maximum absolute atomic E-state index is 12.1. The van der Waals surface area contributed by atoms with Gasteiger partial charge in [-0.2, -0.15) is 0 Å². The van der Waals surface area contributed by atoms with Crippen LogP contribution in [0, 0.1) is 0 Å². The number of hydrogen-bond donors (Lipinski definition) is 1. The molecule has 1 aliphatic heterocycles. The van der Waals surface area contributed by atoms with Crippen molar-refractivity contribution in [2.45, 2.75) is 45.1 Å². The van der Waals surface area contributed by atoms with E-state index in [4.69, 9.17) is 0 Å². The maximum atomic E-state index is 12.1. The van der Waals surface area contributed by atoms with E-state index in [0.29, 0.717) is 0 Å². The van der Waals surface area contributed by atoms with Crippen LogP contribution in [0.3, 0.4) is 0 Å². The molecule has 2 rings (SSSR count). The van der Waals surface area contributed by atoms with Crippen LogP contribution in [0.25, 0.3) is 0 Å². The van der Waals surface area contributed by atoms with Gasteiger partial charge in [-0.05, 0) is 31.2 Å². The average molecular weight is 266 g/mol. The highest BCUT2D eigenvalue weighted by molar-refractivity contribution is 7.09. The summed E-state index contributed by atoms with van der Waals surface area (Å²) in [5, 5.41) is 5.19. The Morgan fingerprint density at radius 2 is 2.11 bits per heavy atom. The Morgan fingerprint density at radius 1 is 1.39 bits per heavy atom. The number of rotatable bonds is 3. The molecule has 1 aromatic rings. The molecular weight excluding hydrogens is 244 g/mol.